The molecule has 4 N–H and O–H groups in total. The van der Waals surface area contributed by atoms with Gasteiger partial charge >= 0.3 is 5.97 Å². The first-order chi connectivity index (χ1) is 14.7. The van der Waals surface area contributed by atoms with E-state index in [1.807, 2.05) is 39.0 Å². The van der Waals surface area contributed by atoms with E-state index in [1.54, 1.807) is 19.1 Å². The molecule has 9 heteroatoms. The van der Waals surface area contributed by atoms with Crippen molar-refractivity contribution in [2.45, 2.75) is 27.7 Å². The maximum atomic E-state index is 13.0. The number of H-pyrrole nitrogens is 1. The van der Waals surface area contributed by atoms with Gasteiger partial charge in [-0.05, 0) is 87.4 Å². The molecule has 0 saturated heterocycles. The van der Waals surface area contributed by atoms with Gasteiger partial charge in [-0.15, -0.1) is 0 Å². The van der Waals surface area contributed by atoms with Crippen molar-refractivity contribution in [3.05, 3.63) is 80.8 Å². The molecule has 31 heavy (non-hydrogen) atoms. The van der Waals surface area contributed by atoms with Gasteiger partial charge in [0.25, 0.3) is 5.56 Å². The van der Waals surface area contributed by atoms with E-state index in [2.05, 4.69) is 20.9 Å². The summed E-state index contributed by atoms with van der Waals surface area (Å²) in [7, 11) is 0. The standard InChI is InChI=1S/C22H23N5O3S/c1-12-5-10-18(11-13(12)2)27-20(28)19(15(4)26-27)14(3)24-25-22(31)23-17-8-6-16(7-9-17)21(29)30/h5-11,26H,1-4H3,(H,29,30)(H2,23,25,31)/b24-14+. The number of carbonyl (C=O) groups is 1. The van der Waals surface area contributed by atoms with E-state index in [0.29, 0.717) is 22.7 Å². The first-order valence-corrected chi connectivity index (χ1v) is 9.92. The number of carboxylic acids is 1. The topological polar surface area (TPSA) is 112 Å². The number of aromatic amines is 1. The summed E-state index contributed by atoms with van der Waals surface area (Å²) in [5.41, 5.74) is 7.94. The molecule has 0 atom stereocenters. The number of anilines is 1. The van der Waals surface area contributed by atoms with Crippen molar-refractivity contribution in [3.63, 3.8) is 0 Å². The Morgan fingerprint density at radius 1 is 1.10 bits per heavy atom. The molecular formula is C22H23N5O3S. The van der Waals surface area contributed by atoms with Crippen LogP contribution in [0.1, 0.15) is 39.7 Å². The Bertz CT molecular complexity index is 1240. The number of benzene rings is 2. The third-order valence-electron chi connectivity index (χ3n) is 4.90. The lowest BCUT2D eigenvalue weighted by atomic mass is 10.1. The maximum absolute atomic E-state index is 13.0. The molecule has 0 aliphatic heterocycles. The predicted molar refractivity (Wildman–Crippen MR) is 126 cm³/mol. The SMILES string of the molecule is C/C(=N\NC(=S)Nc1ccc(C(=O)O)cc1)c1c(C)[nH]n(-c2ccc(C)c(C)c2)c1=O. The third kappa shape index (κ3) is 4.89. The summed E-state index contributed by atoms with van der Waals surface area (Å²) in [5.74, 6) is -0.999. The average Bonchev–Trinajstić information content (AvgIpc) is 3.02. The van der Waals surface area contributed by atoms with E-state index >= 15 is 0 Å². The Morgan fingerprint density at radius 3 is 2.39 bits per heavy atom. The molecule has 0 fully saturated rings. The monoisotopic (exact) mass is 437 g/mol. The van der Waals surface area contributed by atoms with Crippen molar-refractivity contribution in [2.75, 3.05) is 5.32 Å². The second-order valence-electron chi connectivity index (χ2n) is 7.17. The molecule has 0 spiro atoms. The molecule has 160 valence electrons. The fraction of sp³-hybridized carbons (Fsp3) is 0.182. The number of rotatable bonds is 5. The fourth-order valence-electron chi connectivity index (χ4n) is 3.06. The number of aryl methyl sites for hydroxylation is 3. The van der Waals surface area contributed by atoms with Crippen LogP contribution >= 0.6 is 12.2 Å². The molecule has 0 aliphatic carbocycles. The van der Waals surface area contributed by atoms with Gasteiger partial charge in [-0.1, -0.05) is 6.07 Å². The highest BCUT2D eigenvalue weighted by atomic mass is 32.1. The molecule has 0 saturated carbocycles. The lowest BCUT2D eigenvalue weighted by molar-refractivity contribution is 0.0697. The van der Waals surface area contributed by atoms with Crippen molar-refractivity contribution in [2.24, 2.45) is 5.10 Å². The van der Waals surface area contributed by atoms with Gasteiger partial charge in [0.1, 0.15) is 0 Å². The molecule has 0 aliphatic rings. The number of aromatic carboxylic acids is 1. The van der Waals surface area contributed by atoms with Crippen LogP contribution in [0.3, 0.4) is 0 Å². The van der Waals surface area contributed by atoms with Crippen LogP contribution in [0.2, 0.25) is 0 Å². The quantitative estimate of drug-likeness (QED) is 0.276. The zero-order valence-electron chi connectivity index (χ0n) is 17.6. The highest BCUT2D eigenvalue weighted by Crippen LogP contribution is 2.14. The van der Waals surface area contributed by atoms with E-state index < -0.39 is 5.97 Å². The zero-order valence-corrected chi connectivity index (χ0v) is 18.4. The summed E-state index contributed by atoms with van der Waals surface area (Å²) in [6, 6.07) is 12.0. The van der Waals surface area contributed by atoms with Crippen molar-refractivity contribution in [1.82, 2.24) is 15.2 Å². The lowest BCUT2D eigenvalue weighted by Crippen LogP contribution is -2.26. The van der Waals surface area contributed by atoms with Gasteiger partial charge in [-0.25, -0.2) is 9.48 Å². The predicted octanol–water partition coefficient (Wildman–Crippen LogP) is 3.50. The summed E-state index contributed by atoms with van der Waals surface area (Å²) < 4.78 is 1.50. The van der Waals surface area contributed by atoms with Crippen molar-refractivity contribution in [3.8, 4) is 5.69 Å². The fourth-order valence-corrected chi connectivity index (χ4v) is 3.23. The van der Waals surface area contributed by atoms with Crippen molar-refractivity contribution < 1.29 is 9.90 Å². The number of thiocarbonyl (C=S) groups is 1. The Hall–Kier alpha value is -3.72. The van der Waals surface area contributed by atoms with Crippen LogP contribution in [0.4, 0.5) is 5.69 Å². The largest absolute Gasteiger partial charge is 0.478 e. The van der Waals surface area contributed by atoms with Crippen LogP contribution in [0.5, 0.6) is 0 Å². The molecule has 3 rings (SSSR count). The molecular weight excluding hydrogens is 414 g/mol. The second kappa shape index (κ2) is 8.97. The number of hydrogen-bond donors (Lipinski definition) is 4. The number of carboxylic acid groups (broad SMARTS) is 1. The van der Waals surface area contributed by atoms with Crippen LogP contribution in [0.15, 0.2) is 52.4 Å². The van der Waals surface area contributed by atoms with Gasteiger partial charge in [-0.2, -0.15) is 5.10 Å². The number of hydrogen-bond acceptors (Lipinski definition) is 4. The summed E-state index contributed by atoms with van der Waals surface area (Å²) in [6.07, 6.45) is 0. The Balaban J connectivity index is 1.76. The van der Waals surface area contributed by atoms with E-state index in [9.17, 15) is 9.59 Å². The van der Waals surface area contributed by atoms with Gasteiger partial charge < -0.3 is 10.4 Å². The minimum atomic E-state index is -0.999. The van der Waals surface area contributed by atoms with Crippen molar-refractivity contribution in [1.29, 1.82) is 0 Å². The molecule has 1 heterocycles. The average molecular weight is 438 g/mol. The van der Waals surface area contributed by atoms with Crippen LogP contribution < -0.4 is 16.3 Å². The van der Waals surface area contributed by atoms with Gasteiger partial charge in [-0.3, -0.25) is 15.3 Å². The maximum Gasteiger partial charge on any atom is 0.335 e. The van der Waals surface area contributed by atoms with E-state index in [0.717, 1.165) is 16.8 Å². The van der Waals surface area contributed by atoms with E-state index in [-0.39, 0.29) is 16.2 Å². The second-order valence-corrected chi connectivity index (χ2v) is 7.57. The molecule has 0 radical (unpaired) electrons. The summed E-state index contributed by atoms with van der Waals surface area (Å²) in [5, 5.41) is 19.4. The molecule has 0 unspecified atom stereocenters. The van der Waals surface area contributed by atoms with Crippen LogP contribution in [-0.2, 0) is 0 Å². The smallest absolute Gasteiger partial charge is 0.335 e. The zero-order chi connectivity index (χ0) is 22.7. The van der Waals surface area contributed by atoms with E-state index in [4.69, 9.17) is 17.3 Å². The van der Waals surface area contributed by atoms with Gasteiger partial charge in [0.05, 0.1) is 22.5 Å². The molecule has 1 aromatic heterocycles. The summed E-state index contributed by atoms with van der Waals surface area (Å²) >= 11 is 5.23. The van der Waals surface area contributed by atoms with Gasteiger partial charge in [0, 0.05) is 11.4 Å². The van der Waals surface area contributed by atoms with Gasteiger partial charge in [0.2, 0.25) is 0 Å². The minimum absolute atomic E-state index is 0.182. The molecule has 0 bridgehead atoms. The molecule has 2 aromatic carbocycles. The van der Waals surface area contributed by atoms with Gasteiger partial charge in [0.15, 0.2) is 5.11 Å². The molecule has 8 nitrogen and oxygen atoms in total. The summed E-state index contributed by atoms with van der Waals surface area (Å²) in [4.78, 5) is 23.9. The van der Waals surface area contributed by atoms with Crippen molar-refractivity contribution >= 4 is 34.7 Å². The minimum Gasteiger partial charge on any atom is -0.478 e. The van der Waals surface area contributed by atoms with Crippen LogP contribution in [-0.4, -0.2) is 31.7 Å². The number of aromatic nitrogens is 2. The van der Waals surface area contributed by atoms with Crippen LogP contribution in [0, 0.1) is 20.8 Å². The number of hydrazone groups is 1. The summed E-state index contributed by atoms with van der Waals surface area (Å²) in [6.45, 7) is 7.56. The molecule has 0 amide bonds. The number of nitrogens with one attached hydrogen (secondary N) is 3. The van der Waals surface area contributed by atoms with E-state index in [1.165, 1.54) is 16.8 Å². The first kappa shape index (κ1) is 22.0. The molecule has 3 aromatic rings. The first-order valence-electron chi connectivity index (χ1n) is 9.51. The van der Waals surface area contributed by atoms with Crippen LogP contribution in [0.25, 0.3) is 5.69 Å². The highest BCUT2D eigenvalue weighted by molar-refractivity contribution is 7.80. The number of nitrogens with zero attached hydrogens (tertiary/aromatic N) is 2. The normalized spacial score (nSPS) is 11.3. The Kier molecular flexibility index (Phi) is 6.36. The Labute approximate surface area is 184 Å². The third-order valence-corrected chi connectivity index (χ3v) is 5.09. The lowest BCUT2D eigenvalue weighted by Gasteiger charge is -2.08. The highest BCUT2D eigenvalue weighted by Gasteiger charge is 2.15. The Morgan fingerprint density at radius 2 is 1.77 bits per heavy atom.